The van der Waals surface area contributed by atoms with Gasteiger partial charge >= 0.3 is 0 Å². The number of carbonyl (C=O) groups is 1. The Morgan fingerprint density at radius 2 is 1.68 bits per heavy atom. The quantitative estimate of drug-likeness (QED) is 0.600. The third-order valence-electron chi connectivity index (χ3n) is 5.57. The summed E-state index contributed by atoms with van der Waals surface area (Å²) in [5, 5.41) is 0. The molecule has 3 aromatic carbocycles. The molecule has 5 nitrogen and oxygen atoms in total. The number of hydrogen-bond acceptors (Lipinski definition) is 3. The Morgan fingerprint density at radius 3 is 2.35 bits per heavy atom. The molecule has 31 heavy (non-hydrogen) atoms. The van der Waals surface area contributed by atoms with E-state index in [-0.39, 0.29) is 10.8 Å². The van der Waals surface area contributed by atoms with Gasteiger partial charge in [-0.2, -0.15) is 0 Å². The van der Waals surface area contributed by atoms with E-state index in [2.05, 4.69) is 0 Å². The maximum Gasteiger partial charge on any atom is 0.264 e. The van der Waals surface area contributed by atoms with Crippen molar-refractivity contribution in [3.05, 3.63) is 89.2 Å². The van der Waals surface area contributed by atoms with Crippen LogP contribution in [0.4, 0.5) is 15.8 Å². The van der Waals surface area contributed by atoms with Gasteiger partial charge in [0.05, 0.1) is 16.3 Å². The fourth-order valence-electron chi connectivity index (χ4n) is 3.78. The van der Waals surface area contributed by atoms with Crippen LogP contribution in [0.1, 0.15) is 27.9 Å². The number of rotatable bonds is 4. The molecule has 1 heterocycles. The molecule has 1 amide bonds. The third-order valence-corrected chi connectivity index (χ3v) is 7.37. The zero-order chi connectivity index (χ0) is 22.2. The lowest BCUT2D eigenvalue weighted by atomic mass is 10.0. The van der Waals surface area contributed by atoms with Gasteiger partial charge in [0.25, 0.3) is 15.9 Å². The van der Waals surface area contributed by atoms with E-state index < -0.39 is 15.8 Å². The van der Waals surface area contributed by atoms with Gasteiger partial charge in [-0.25, -0.2) is 12.8 Å². The van der Waals surface area contributed by atoms with Crippen molar-refractivity contribution in [2.24, 2.45) is 0 Å². The molecule has 0 N–H and O–H groups in total. The molecular formula is C24H23FN2O3S. The van der Waals surface area contributed by atoms with Gasteiger partial charge in [0.2, 0.25) is 0 Å². The topological polar surface area (TPSA) is 57.7 Å². The summed E-state index contributed by atoms with van der Waals surface area (Å²) >= 11 is 0. The molecule has 0 saturated carbocycles. The highest BCUT2D eigenvalue weighted by atomic mass is 32.2. The van der Waals surface area contributed by atoms with E-state index in [4.69, 9.17) is 0 Å². The highest BCUT2D eigenvalue weighted by molar-refractivity contribution is 7.92. The Morgan fingerprint density at radius 1 is 1.00 bits per heavy atom. The van der Waals surface area contributed by atoms with Crippen molar-refractivity contribution in [3.63, 3.8) is 0 Å². The highest BCUT2D eigenvalue weighted by Crippen LogP contribution is 2.31. The van der Waals surface area contributed by atoms with Crippen LogP contribution in [0.5, 0.6) is 0 Å². The van der Waals surface area contributed by atoms with Gasteiger partial charge in [-0.05, 0) is 67.8 Å². The molecule has 0 saturated heterocycles. The number of nitrogens with zero attached hydrogens (tertiary/aromatic N) is 2. The molecule has 3 aromatic rings. The molecule has 0 aliphatic carbocycles. The van der Waals surface area contributed by atoms with E-state index in [1.165, 1.54) is 22.3 Å². The van der Waals surface area contributed by atoms with E-state index in [1.807, 2.05) is 13.0 Å². The molecular weight excluding hydrogens is 415 g/mol. The molecule has 4 rings (SSSR count). The molecule has 0 spiro atoms. The van der Waals surface area contributed by atoms with Crippen molar-refractivity contribution >= 4 is 27.3 Å². The first-order valence-corrected chi connectivity index (χ1v) is 11.5. The molecule has 0 atom stereocenters. The minimum Gasteiger partial charge on any atom is -0.305 e. The van der Waals surface area contributed by atoms with E-state index in [1.54, 1.807) is 54.6 Å². The van der Waals surface area contributed by atoms with Crippen LogP contribution in [-0.2, 0) is 16.4 Å². The number of anilines is 2. The third kappa shape index (κ3) is 3.93. The van der Waals surface area contributed by atoms with E-state index in [0.717, 1.165) is 24.0 Å². The van der Waals surface area contributed by atoms with Gasteiger partial charge < -0.3 is 4.90 Å². The summed E-state index contributed by atoms with van der Waals surface area (Å²) in [6, 6.07) is 17.8. The second-order valence-corrected chi connectivity index (χ2v) is 9.61. The molecule has 1 aliphatic heterocycles. The summed E-state index contributed by atoms with van der Waals surface area (Å²) in [6.45, 7) is 2.33. The van der Waals surface area contributed by atoms with Crippen LogP contribution in [0, 0.1) is 12.7 Å². The first kappa shape index (κ1) is 21.1. The number of para-hydroxylation sites is 1. The van der Waals surface area contributed by atoms with Crippen molar-refractivity contribution in [1.82, 2.24) is 0 Å². The Balaban J connectivity index is 1.59. The lowest BCUT2D eigenvalue weighted by molar-refractivity contribution is 0.0984. The van der Waals surface area contributed by atoms with Crippen LogP contribution in [0.2, 0.25) is 0 Å². The van der Waals surface area contributed by atoms with Gasteiger partial charge in [-0.3, -0.25) is 9.10 Å². The summed E-state index contributed by atoms with van der Waals surface area (Å²) in [5.41, 5.74) is 2.94. The van der Waals surface area contributed by atoms with Gasteiger partial charge in [-0.15, -0.1) is 0 Å². The second-order valence-electron chi connectivity index (χ2n) is 7.64. The normalized spacial score (nSPS) is 13.6. The second kappa shape index (κ2) is 8.15. The van der Waals surface area contributed by atoms with Crippen LogP contribution in [0.25, 0.3) is 0 Å². The summed E-state index contributed by atoms with van der Waals surface area (Å²) in [6.07, 6.45) is 1.50. The first-order chi connectivity index (χ1) is 14.8. The van der Waals surface area contributed by atoms with Crippen LogP contribution < -0.4 is 9.21 Å². The van der Waals surface area contributed by atoms with Crippen LogP contribution in [0.15, 0.2) is 71.6 Å². The number of aryl methyl sites for hydroxylation is 2. The lowest BCUT2D eigenvalue weighted by Gasteiger charge is -2.30. The number of hydrogen-bond donors (Lipinski definition) is 0. The Kier molecular flexibility index (Phi) is 5.54. The average Bonchev–Trinajstić information content (AvgIpc) is 2.78. The monoisotopic (exact) mass is 438 g/mol. The van der Waals surface area contributed by atoms with Crippen LogP contribution >= 0.6 is 0 Å². The maximum atomic E-state index is 14.4. The standard InChI is InChI=1S/C24H23FN2O3S/c1-17-8-14-21(15-9-17)31(29,30)26(2)20-12-10-19(11-13-20)24(28)27-16-4-6-18-5-3-7-22(25)23(18)27/h3,5,7-15H,4,6,16H2,1-2H3. The first-order valence-electron chi connectivity index (χ1n) is 10.0. The Bertz CT molecular complexity index is 1220. The van der Waals surface area contributed by atoms with Gasteiger partial charge in [-0.1, -0.05) is 29.8 Å². The van der Waals surface area contributed by atoms with Crippen molar-refractivity contribution in [2.75, 3.05) is 22.8 Å². The summed E-state index contributed by atoms with van der Waals surface area (Å²) in [5.74, 6) is -0.715. The van der Waals surface area contributed by atoms with Crippen LogP contribution in [-0.4, -0.2) is 27.9 Å². The minimum absolute atomic E-state index is 0.196. The minimum atomic E-state index is -3.72. The number of carbonyl (C=O) groups excluding carboxylic acids is 1. The van der Waals surface area contributed by atoms with E-state index >= 15 is 0 Å². The molecule has 0 aromatic heterocycles. The predicted octanol–water partition coefficient (Wildman–Crippen LogP) is 4.55. The van der Waals surface area contributed by atoms with Gasteiger partial charge in [0.15, 0.2) is 0 Å². The maximum absolute atomic E-state index is 14.4. The van der Waals surface area contributed by atoms with Crippen molar-refractivity contribution in [3.8, 4) is 0 Å². The van der Waals surface area contributed by atoms with Crippen LogP contribution in [0.3, 0.4) is 0 Å². The lowest BCUT2D eigenvalue weighted by Crippen LogP contribution is -2.36. The number of amides is 1. The number of sulfonamides is 1. The van der Waals surface area contributed by atoms with Gasteiger partial charge in [0.1, 0.15) is 5.82 Å². The zero-order valence-electron chi connectivity index (χ0n) is 17.4. The smallest absolute Gasteiger partial charge is 0.264 e. The molecule has 0 fully saturated rings. The molecule has 7 heteroatoms. The van der Waals surface area contributed by atoms with Crippen molar-refractivity contribution in [2.45, 2.75) is 24.7 Å². The number of benzene rings is 3. The highest BCUT2D eigenvalue weighted by Gasteiger charge is 2.27. The summed E-state index contributed by atoms with van der Waals surface area (Å²) in [4.78, 5) is 14.7. The molecule has 0 radical (unpaired) electrons. The predicted molar refractivity (Wildman–Crippen MR) is 120 cm³/mol. The van der Waals surface area contributed by atoms with Crippen molar-refractivity contribution in [1.29, 1.82) is 0 Å². The SMILES string of the molecule is Cc1ccc(S(=O)(=O)N(C)c2ccc(C(=O)N3CCCc4cccc(F)c43)cc2)cc1. The fourth-order valence-corrected chi connectivity index (χ4v) is 4.98. The summed E-state index contributed by atoms with van der Waals surface area (Å²) < 4.78 is 41.4. The number of fused-ring (bicyclic) bond motifs is 1. The van der Waals surface area contributed by atoms with Gasteiger partial charge in [0, 0.05) is 19.2 Å². The fraction of sp³-hybridized carbons (Fsp3) is 0.208. The number of halogens is 1. The molecule has 0 unspecified atom stereocenters. The van der Waals surface area contributed by atoms with Crippen molar-refractivity contribution < 1.29 is 17.6 Å². The summed E-state index contributed by atoms with van der Waals surface area (Å²) in [7, 11) is -2.25. The largest absolute Gasteiger partial charge is 0.305 e. The zero-order valence-corrected chi connectivity index (χ0v) is 18.2. The molecule has 0 bridgehead atoms. The van der Waals surface area contributed by atoms with E-state index in [0.29, 0.717) is 23.5 Å². The van der Waals surface area contributed by atoms with E-state index in [9.17, 15) is 17.6 Å². The molecule has 1 aliphatic rings. The Hall–Kier alpha value is -3.19. The Labute approximate surface area is 181 Å². The average molecular weight is 439 g/mol. The molecule has 160 valence electrons.